The summed E-state index contributed by atoms with van der Waals surface area (Å²) in [6.07, 6.45) is -2.74. The minimum Gasteiger partial charge on any atom is -0.462 e. The van der Waals surface area contributed by atoms with Gasteiger partial charge >= 0.3 is 5.97 Å². The summed E-state index contributed by atoms with van der Waals surface area (Å²) in [6, 6.07) is 8.74. The van der Waals surface area contributed by atoms with Crippen LogP contribution in [0.5, 0.6) is 0 Å². The van der Waals surface area contributed by atoms with E-state index in [0.29, 0.717) is 17.1 Å². The third-order valence-corrected chi connectivity index (χ3v) is 3.30. The van der Waals surface area contributed by atoms with Gasteiger partial charge in [0.05, 0.1) is 12.3 Å². The van der Waals surface area contributed by atoms with Crippen LogP contribution < -0.4 is 0 Å². The van der Waals surface area contributed by atoms with E-state index in [1.807, 2.05) is 0 Å². The second kappa shape index (κ2) is 5.88. The van der Waals surface area contributed by atoms with E-state index in [4.69, 9.17) is 4.74 Å². The second-order valence-electron chi connectivity index (χ2n) is 3.66. The van der Waals surface area contributed by atoms with Gasteiger partial charge in [0.25, 0.3) is 6.43 Å². The van der Waals surface area contributed by atoms with Gasteiger partial charge in [-0.1, -0.05) is 30.3 Å². The molecule has 19 heavy (non-hydrogen) atoms. The van der Waals surface area contributed by atoms with Crippen LogP contribution in [0.3, 0.4) is 0 Å². The Morgan fingerprint density at radius 1 is 1.37 bits per heavy atom. The number of benzene rings is 1. The molecule has 2 rings (SSSR count). The number of nitrogens with zero attached hydrogens (tertiary/aromatic N) is 1. The summed E-state index contributed by atoms with van der Waals surface area (Å²) < 4.78 is 34.6. The number of hydrogen-bond acceptors (Lipinski definition) is 4. The largest absolute Gasteiger partial charge is 0.462 e. The number of hydrogen-bond donors (Lipinski definition) is 0. The zero-order chi connectivity index (χ0) is 13.8. The average Bonchev–Trinajstić information content (AvgIpc) is 2.85. The van der Waals surface area contributed by atoms with Crippen molar-refractivity contribution in [1.29, 1.82) is 0 Å². The Balaban J connectivity index is 2.53. The number of aromatic nitrogens is 1. The Labute approximate surface area is 113 Å². The number of carbonyl (C=O) groups excluding carboxylic acids is 1. The lowest BCUT2D eigenvalue weighted by molar-refractivity contribution is 0.0518. The standard InChI is InChI=1S/C13H11F2NO2S/c1-2-18-13(17)9-10(8-6-4-3-5-7-8)16-19-11(9)12(14)15/h3-7,12H,2H2,1H3. The SMILES string of the molecule is CCOC(=O)c1c(-c2ccccc2)nsc1C(F)F. The third kappa shape index (κ3) is 2.78. The van der Waals surface area contributed by atoms with Crippen LogP contribution in [-0.4, -0.2) is 16.9 Å². The molecule has 0 atom stereocenters. The van der Waals surface area contributed by atoms with Crippen LogP contribution in [0, 0.1) is 0 Å². The van der Waals surface area contributed by atoms with Crippen molar-refractivity contribution in [3.63, 3.8) is 0 Å². The normalized spacial score (nSPS) is 10.7. The summed E-state index contributed by atoms with van der Waals surface area (Å²) in [6.45, 7) is 1.76. The Morgan fingerprint density at radius 2 is 2.05 bits per heavy atom. The molecule has 1 aromatic heterocycles. The van der Waals surface area contributed by atoms with Crippen molar-refractivity contribution in [3.05, 3.63) is 40.8 Å². The predicted octanol–water partition coefficient (Wildman–Crippen LogP) is 3.92. The van der Waals surface area contributed by atoms with Gasteiger partial charge in [0.15, 0.2) is 0 Å². The van der Waals surface area contributed by atoms with Crippen molar-refractivity contribution in [2.45, 2.75) is 13.3 Å². The molecule has 0 unspecified atom stereocenters. The Hall–Kier alpha value is -1.82. The molecule has 2 aromatic rings. The van der Waals surface area contributed by atoms with Crippen molar-refractivity contribution in [1.82, 2.24) is 4.37 Å². The van der Waals surface area contributed by atoms with Crippen LogP contribution >= 0.6 is 11.5 Å². The maximum Gasteiger partial charge on any atom is 0.341 e. The molecule has 1 aromatic carbocycles. The molecule has 100 valence electrons. The summed E-state index contributed by atoms with van der Waals surface area (Å²) in [5.74, 6) is -0.759. The molecule has 0 aliphatic heterocycles. The first-order valence-electron chi connectivity index (χ1n) is 5.65. The summed E-state index contributed by atoms with van der Waals surface area (Å²) in [7, 11) is 0. The summed E-state index contributed by atoms with van der Waals surface area (Å²) in [4.78, 5) is 11.5. The molecule has 0 spiro atoms. The highest BCUT2D eigenvalue weighted by atomic mass is 32.1. The minimum atomic E-state index is -2.74. The van der Waals surface area contributed by atoms with Crippen LogP contribution in [0.2, 0.25) is 0 Å². The van der Waals surface area contributed by atoms with Gasteiger partial charge in [0.2, 0.25) is 0 Å². The molecule has 1 heterocycles. The highest BCUT2D eigenvalue weighted by Gasteiger charge is 2.27. The van der Waals surface area contributed by atoms with Gasteiger partial charge in [-0.3, -0.25) is 0 Å². The lowest BCUT2D eigenvalue weighted by Gasteiger charge is -2.05. The monoisotopic (exact) mass is 283 g/mol. The van der Waals surface area contributed by atoms with Gasteiger partial charge in [-0.2, -0.15) is 4.37 Å². The molecule has 0 N–H and O–H groups in total. The maximum atomic E-state index is 12.9. The highest BCUT2D eigenvalue weighted by molar-refractivity contribution is 7.06. The van der Waals surface area contributed by atoms with E-state index >= 15 is 0 Å². The van der Waals surface area contributed by atoms with E-state index in [0.717, 1.165) is 0 Å². The molecule has 0 saturated carbocycles. The van der Waals surface area contributed by atoms with Crippen LogP contribution in [0.15, 0.2) is 30.3 Å². The molecule has 0 radical (unpaired) electrons. The molecule has 0 aliphatic rings. The van der Waals surface area contributed by atoms with Gasteiger partial charge in [-0.15, -0.1) is 0 Å². The van der Waals surface area contributed by atoms with E-state index in [1.165, 1.54) is 0 Å². The van der Waals surface area contributed by atoms with Crippen LogP contribution in [0.4, 0.5) is 8.78 Å². The number of ether oxygens (including phenoxy) is 1. The Kier molecular flexibility index (Phi) is 4.21. The first-order valence-corrected chi connectivity index (χ1v) is 6.42. The van der Waals surface area contributed by atoms with E-state index < -0.39 is 12.4 Å². The van der Waals surface area contributed by atoms with Crippen molar-refractivity contribution >= 4 is 17.5 Å². The minimum absolute atomic E-state index is 0.131. The summed E-state index contributed by atoms with van der Waals surface area (Å²) in [5, 5.41) is 0. The van der Waals surface area contributed by atoms with E-state index in [9.17, 15) is 13.6 Å². The Morgan fingerprint density at radius 3 is 2.63 bits per heavy atom. The zero-order valence-corrected chi connectivity index (χ0v) is 10.9. The second-order valence-corrected chi connectivity index (χ2v) is 4.46. The predicted molar refractivity (Wildman–Crippen MR) is 68.5 cm³/mol. The molecular formula is C13H11F2NO2S. The molecule has 0 bridgehead atoms. The number of esters is 1. The van der Waals surface area contributed by atoms with E-state index in [2.05, 4.69) is 4.37 Å². The number of alkyl halides is 2. The van der Waals surface area contributed by atoms with Gasteiger partial charge in [0, 0.05) is 5.56 Å². The average molecular weight is 283 g/mol. The lowest BCUT2D eigenvalue weighted by atomic mass is 10.1. The molecule has 3 nitrogen and oxygen atoms in total. The van der Waals surface area contributed by atoms with Crippen molar-refractivity contribution in [3.8, 4) is 11.3 Å². The molecule has 0 fully saturated rings. The quantitative estimate of drug-likeness (QED) is 0.798. The van der Waals surface area contributed by atoms with Crippen LogP contribution in [-0.2, 0) is 4.74 Å². The highest BCUT2D eigenvalue weighted by Crippen LogP contribution is 2.34. The number of halogens is 2. The first kappa shape index (κ1) is 13.6. The molecule has 0 amide bonds. The number of rotatable bonds is 4. The van der Waals surface area contributed by atoms with Gasteiger partial charge < -0.3 is 4.74 Å². The van der Waals surface area contributed by atoms with Gasteiger partial charge in [0.1, 0.15) is 10.4 Å². The fourth-order valence-electron chi connectivity index (χ4n) is 1.65. The topological polar surface area (TPSA) is 39.2 Å². The third-order valence-electron chi connectivity index (χ3n) is 2.44. The van der Waals surface area contributed by atoms with E-state index in [-0.39, 0.29) is 22.7 Å². The van der Waals surface area contributed by atoms with Crippen LogP contribution in [0.1, 0.15) is 28.6 Å². The maximum absolute atomic E-state index is 12.9. The molecule has 0 aliphatic carbocycles. The van der Waals surface area contributed by atoms with Crippen molar-refractivity contribution in [2.24, 2.45) is 0 Å². The van der Waals surface area contributed by atoms with Gasteiger partial charge in [-0.05, 0) is 18.5 Å². The fraction of sp³-hybridized carbons (Fsp3) is 0.231. The van der Waals surface area contributed by atoms with Crippen molar-refractivity contribution in [2.75, 3.05) is 6.61 Å². The lowest BCUT2D eigenvalue weighted by Crippen LogP contribution is -2.07. The molecular weight excluding hydrogens is 272 g/mol. The first-order chi connectivity index (χ1) is 9.15. The van der Waals surface area contributed by atoms with Crippen LogP contribution in [0.25, 0.3) is 11.3 Å². The molecule has 6 heteroatoms. The Bertz CT molecular complexity index is 569. The number of carbonyl (C=O) groups is 1. The fourth-order valence-corrected chi connectivity index (χ4v) is 2.38. The zero-order valence-electron chi connectivity index (χ0n) is 10.1. The van der Waals surface area contributed by atoms with Gasteiger partial charge in [-0.25, -0.2) is 13.6 Å². The van der Waals surface area contributed by atoms with E-state index in [1.54, 1.807) is 37.3 Å². The molecule has 0 saturated heterocycles. The smallest absolute Gasteiger partial charge is 0.341 e. The van der Waals surface area contributed by atoms with Crippen molar-refractivity contribution < 1.29 is 18.3 Å². The summed E-state index contributed by atoms with van der Waals surface area (Å²) >= 11 is 0.632. The summed E-state index contributed by atoms with van der Waals surface area (Å²) in [5.41, 5.74) is 0.737.